The van der Waals surface area contributed by atoms with Gasteiger partial charge in [-0.25, -0.2) is 0 Å². The van der Waals surface area contributed by atoms with E-state index in [1.165, 1.54) is 0 Å². The fourth-order valence-corrected chi connectivity index (χ4v) is 1.91. The summed E-state index contributed by atoms with van der Waals surface area (Å²) in [5.41, 5.74) is 3.25. The van der Waals surface area contributed by atoms with Gasteiger partial charge in [0.15, 0.2) is 0 Å². The monoisotopic (exact) mass is 313 g/mol. The van der Waals surface area contributed by atoms with E-state index < -0.39 is 5.78 Å². The highest BCUT2D eigenvalue weighted by Crippen LogP contribution is 2.17. The van der Waals surface area contributed by atoms with Gasteiger partial charge in [-0.1, -0.05) is 23.7 Å². The van der Waals surface area contributed by atoms with Crippen LogP contribution in [0.5, 0.6) is 5.75 Å². The van der Waals surface area contributed by atoms with E-state index in [2.05, 4.69) is 10.5 Å². The summed E-state index contributed by atoms with van der Waals surface area (Å²) in [6.07, 6.45) is 0. The highest BCUT2D eigenvalue weighted by atomic mass is 35.5. The van der Waals surface area contributed by atoms with Crippen LogP contribution in [0.1, 0.15) is 10.4 Å². The number of ether oxygens (including phenoxy) is 1. The number of nitrogens with one attached hydrogen (secondary N) is 1. The molecule has 0 aromatic heterocycles. The van der Waals surface area contributed by atoms with Crippen molar-refractivity contribution < 1.29 is 9.53 Å². The zero-order valence-corrected chi connectivity index (χ0v) is 12.5. The summed E-state index contributed by atoms with van der Waals surface area (Å²) in [6, 6.07) is 15.2. The summed E-state index contributed by atoms with van der Waals surface area (Å²) in [5, 5.41) is 13.2. The lowest BCUT2D eigenvalue weighted by Crippen LogP contribution is -2.14. The lowest BCUT2D eigenvalue weighted by Gasteiger charge is -2.04. The molecule has 0 amide bonds. The molecule has 0 spiro atoms. The first-order valence-electron chi connectivity index (χ1n) is 6.33. The number of Topliss-reactive ketones (excluding diaryl/α,β-unsaturated/α-hetero) is 1. The van der Waals surface area contributed by atoms with Crippen molar-refractivity contribution in [3.63, 3.8) is 0 Å². The van der Waals surface area contributed by atoms with Gasteiger partial charge in [-0.2, -0.15) is 10.4 Å². The zero-order valence-electron chi connectivity index (χ0n) is 11.7. The maximum absolute atomic E-state index is 12.2. The molecule has 2 aromatic carbocycles. The van der Waals surface area contributed by atoms with Crippen LogP contribution in [-0.4, -0.2) is 18.6 Å². The van der Waals surface area contributed by atoms with Crippen molar-refractivity contribution in [1.82, 2.24) is 0 Å². The number of halogens is 1. The van der Waals surface area contributed by atoms with Gasteiger partial charge in [0.05, 0.1) is 17.8 Å². The second-order valence-corrected chi connectivity index (χ2v) is 4.63. The summed E-state index contributed by atoms with van der Waals surface area (Å²) in [4.78, 5) is 12.2. The van der Waals surface area contributed by atoms with Crippen LogP contribution in [0.15, 0.2) is 53.6 Å². The van der Waals surface area contributed by atoms with Crippen LogP contribution in [0.25, 0.3) is 0 Å². The summed E-state index contributed by atoms with van der Waals surface area (Å²) in [5.74, 6) is 0.163. The molecule has 1 N–H and O–H groups in total. The molecule has 0 atom stereocenters. The van der Waals surface area contributed by atoms with Gasteiger partial charge >= 0.3 is 0 Å². The third-order valence-corrected chi connectivity index (χ3v) is 3.16. The van der Waals surface area contributed by atoms with Crippen molar-refractivity contribution in [3.05, 3.63) is 59.1 Å². The number of carbonyl (C=O) groups is 1. The molecule has 0 unspecified atom stereocenters. The SMILES string of the molecule is COc1ccc(N/N=C(/C#N)C(=O)c2ccccc2Cl)cc1. The molecule has 0 bridgehead atoms. The minimum absolute atomic E-state index is 0.237. The first kappa shape index (κ1) is 15.5. The Morgan fingerprint density at radius 1 is 1.23 bits per heavy atom. The van der Waals surface area contributed by atoms with Crippen molar-refractivity contribution in [2.75, 3.05) is 12.5 Å². The Kier molecular flexibility index (Phi) is 5.12. The van der Waals surface area contributed by atoms with Crippen LogP contribution < -0.4 is 10.2 Å². The predicted molar refractivity (Wildman–Crippen MR) is 85.4 cm³/mol. The van der Waals surface area contributed by atoms with E-state index in [0.717, 1.165) is 0 Å². The molecule has 22 heavy (non-hydrogen) atoms. The predicted octanol–water partition coefficient (Wildman–Crippen LogP) is 3.52. The van der Waals surface area contributed by atoms with Crippen LogP contribution in [0.3, 0.4) is 0 Å². The zero-order chi connectivity index (χ0) is 15.9. The Morgan fingerprint density at radius 2 is 1.91 bits per heavy atom. The minimum Gasteiger partial charge on any atom is -0.497 e. The number of methoxy groups -OCH3 is 1. The topological polar surface area (TPSA) is 74.5 Å². The fourth-order valence-electron chi connectivity index (χ4n) is 1.69. The summed E-state index contributed by atoms with van der Waals surface area (Å²) in [6.45, 7) is 0. The van der Waals surface area contributed by atoms with Gasteiger partial charge in [-0.3, -0.25) is 10.2 Å². The van der Waals surface area contributed by atoms with Gasteiger partial charge in [0.25, 0.3) is 0 Å². The number of carbonyl (C=O) groups excluding carboxylic acids is 1. The molecule has 2 aromatic rings. The van der Waals surface area contributed by atoms with Crippen LogP contribution in [0.4, 0.5) is 5.69 Å². The van der Waals surface area contributed by atoms with Crippen LogP contribution in [0, 0.1) is 11.3 Å². The lowest BCUT2D eigenvalue weighted by molar-refractivity contribution is 0.106. The molecule has 2 rings (SSSR count). The average molecular weight is 314 g/mol. The van der Waals surface area contributed by atoms with E-state index in [1.807, 2.05) is 0 Å². The molecular weight excluding hydrogens is 302 g/mol. The highest BCUT2D eigenvalue weighted by Gasteiger charge is 2.16. The normalized spacial score (nSPS) is 10.7. The molecule has 0 aliphatic carbocycles. The quantitative estimate of drug-likeness (QED) is 0.520. The number of benzene rings is 2. The molecule has 0 radical (unpaired) electrons. The van der Waals surface area contributed by atoms with E-state index in [4.69, 9.17) is 21.6 Å². The standard InChI is InChI=1S/C16H12ClN3O2/c1-22-12-8-6-11(7-9-12)19-20-15(10-18)16(21)13-4-2-3-5-14(13)17/h2-9,19H,1H3/b20-15-. The Hall–Kier alpha value is -2.84. The lowest BCUT2D eigenvalue weighted by atomic mass is 10.1. The molecule has 6 heteroatoms. The third-order valence-electron chi connectivity index (χ3n) is 2.83. The molecule has 110 valence electrons. The molecule has 0 saturated carbocycles. The fraction of sp³-hybridized carbons (Fsp3) is 0.0625. The number of hydrogen-bond acceptors (Lipinski definition) is 5. The first-order valence-corrected chi connectivity index (χ1v) is 6.70. The maximum Gasteiger partial charge on any atom is 0.225 e. The van der Waals surface area contributed by atoms with Gasteiger partial charge in [0.2, 0.25) is 11.5 Å². The number of hydrazone groups is 1. The van der Waals surface area contributed by atoms with Gasteiger partial charge in [-0.05, 0) is 36.4 Å². The Bertz CT molecular complexity index is 749. The Balaban J connectivity index is 2.19. The van der Waals surface area contributed by atoms with E-state index in [-0.39, 0.29) is 16.3 Å². The van der Waals surface area contributed by atoms with E-state index in [1.54, 1.807) is 61.7 Å². The second-order valence-electron chi connectivity index (χ2n) is 4.22. The third kappa shape index (κ3) is 3.62. The highest BCUT2D eigenvalue weighted by molar-refractivity contribution is 6.53. The number of ketones is 1. The molecule has 5 nitrogen and oxygen atoms in total. The van der Waals surface area contributed by atoms with Crippen molar-refractivity contribution in [2.24, 2.45) is 5.10 Å². The number of hydrogen-bond donors (Lipinski definition) is 1. The van der Waals surface area contributed by atoms with Crippen molar-refractivity contribution in [2.45, 2.75) is 0 Å². The molecule has 0 fully saturated rings. The Labute approximate surface area is 132 Å². The largest absolute Gasteiger partial charge is 0.497 e. The minimum atomic E-state index is -0.533. The molecular formula is C16H12ClN3O2. The molecule has 0 aliphatic rings. The van der Waals surface area contributed by atoms with Crippen LogP contribution in [0.2, 0.25) is 5.02 Å². The van der Waals surface area contributed by atoms with E-state index >= 15 is 0 Å². The molecule has 0 saturated heterocycles. The maximum atomic E-state index is 12.2. The number of anilines is 1. The van der Waals surface area contributed by atoms with Gasteiger partial charge < -0.3 is 4.74 Å². The van der Waals surface area contributed by atoms with Gasteiger partial charge in [-0.15, -0.1) is 0 Å². The summed E-state index contributed by atoms with van der Waals surface area (Å²) < 4.78 is 5.04. The van der Waals surface area contributed by atoms with Crippen LogP contribution >= 0.6 is 11.6 Å². The van der Waals surface area contributed by atoms with E-state index in [9.17, 15) is 4.79 Å². The number of nitriles is 1. The average Bonchev–Trinajstić information content (AvgIpc) is 2.56. The smallest absolute Gasteiger partial charge is 0.225 e. The van der Waals surface area contributed by atoms with Gasteiger partial charge in [0.1, 0.15) is 11.8 Å². The number of rotatable bonds is 5. The molecule has 0 aliphatic heterocycles. The van der Waals surface area contributed by atoms with Crippen molar-refractivity contribution in [3.8, 4) is 11.8 Å². The second kappa shape index (κ2) is 7.25. The number of nitrogens with zero attached hydrogens (tertiary/aromatic N) is 2. The first-order chi connectivity index (χ1) is 10.7. The summed E-state index contributed by atoms with van der Waals surface area (Å²) >= 11 is 5.95. The molecule has 0 heterocycles. The van der Waals surface area contributed by atoms with Crippen molar-refractivity contribution >= 4 is 28.8 Å². The summed E-state index contributed by atoms with van der Waals surface area (Å²) in [7, 11) is 1.57. The Morgan fingerprint density at radius 3 is 2.50 bits per heavy atom. The van der Waals surface area contributed by atoms with Crippen molar-refractivity contribution in [1.29, 1.82) is 5.26 Å². The van der Waals surface area contributed by atoms with Gasteiger partial charge in [0, 0.05) is 5.56 Å². The van der Waals surface area contributed by atoms with E-state index in [0.29, 0.717) is 11.4 Å². The van der Waals surface area contributed by atoms with Crippen LogP contribution in [-0.2, 0) is 0 Å².